The fourth-order valence-corrected chi connectivity index (χ4v) is 5.55. The third-order valence-electron chi connectivity index (χ3n) is 7.58. The minimum atomic E-state index is -0.552. The van der Waals surface area contributed by atoms with Gasteiger partial charge in [-0.2, -0.15) is 0 Å². The van der Waals surface area contributed by atoms with Crippen molar-refractivity contribution in [2.45, 2.75) is 64.5 Å². The minimum absolute atomic E-state index is 0.321. The number of primary amides is 1. The second-order valence-electron chi connectivity index (χ2n) is 11.8. The number of hydrogen-bond donors (Lipinski definition) is 2. The highest BCUT2D eigenvalue weighted by atomic mass is 16.6. The van der Waals surface area contributed by atoms with E-state index in [-0.39, 0.29) is 6.09 Å². The van der Waals surface area contributed by atoms with Crippen LogP contribution in [0.25, 0.3) is 22.4 Å². The van der Waals surface area contributed by atoms with Gasteiger partial charge in [0.2, 0.25) is 5.91 Å². The van der Waals surface area contributed by atoms with Gasteiger partial charge in [-0.15, -0.1) is 0 Å². The lowest BCUT2D eigenvalue weighted by molar-refractivity contribution is 0.0240. The maximum absolute atomic E-state index is 12.9. The Morgan fingerprint density at radius 2 is 1.66 bits per heavy atom. The fourth-order valence-electron chi connectivity index (χ4n) is 5.55. The van der Waals surface area contributed by atoms with E-state index in [1.165, 1.54) is 19.3 Å². The molecule has 0 bridgehead atoms. The Hall–Kier alpha value is -4.14. The molecule has 2 amide bonds. The van der Waals surface area contributed by atoms with Gasteiger partial charge in [0.25, 0.3) is 0 Å². The number of nitrogens with one attached hydrogen (secondary N) is 1. The standard InChI is InChI=1S/C32H40N6O3/c1-32(2,3)41-31(40)38-18-16-37(17-19-38)27-21-25(30(33)39)28(22-10-6-4-7-11-22)29(36-27)23-14-15-34-26(20-23)35-24-12-8-5-9-13-24/h4,6-7,10-11,14-15,20-21,24H,5,8-9,12-13,16-19H2,1-3H3,(H2,33,39)(H,34,35). The van der Waals surface area contributed by atoms with Crippen LogP contribution < -0.4 is 16.0 Å². The summed E-state index contributed by atoms with van der Waals surface area (Å²) in [7, 11) is 0. The maximum atomic E-state index is 12.9. The van der Waals surface area contributed by atoms with Crippen molar-refractivity contribution in [1.29, 1.82) is 0 Å². The zero-order chi connectivity index (χ0) is 29.0. The molecule has 3 N–H and O–H groups in total. The smallest absolute Gasteiger partial charge is 0.410 e. The van der Waals surface area contributed by atoms with Gasteiger partial charge in [0.05, 0.1) is 11.3 Å². The van der Waals surface area contributed by atoms with Gasteiger partial charge in [0.1, 0.15) is 17.2 Å². The van der Waals surface area contributed by atoms with Gasteiger partial charge in [-0.05, 0) is 57.4 Å². The van der Waals surface area contributed by atoms with Crippen molar-refractivity contribution in [3.63, 3.8) is 0 Å². The van der Waals surface area contributed by atoms with E-state index in [0.29, 0.717) is 54.9 Å². The predicted octanol–water partition coefficient (Wildman–Crippen LogP) is 5.71. The average Bonchev–Trinajstić information content (AvgIpc) is 2.97. The van der Waals surface area contributed by atoms with Gasteiger partial charge < -0.3 is 25.6 Å². The maximum Gasteiger partial charge on any atom is 0.410 e. The summed E-state index contributed by atoms with van der Waals surface area (Å²) in [6.45, 7) is 7.68. The molecule has 0 unspecified atom stereocenters. The lowest BCUT2D eigenvalue weighted by Gasteiger charge is -2.36. The molecular formula is C32H40N6O3. The molecule has 0 spiro atoms. The zero-order valence-electron chi connectivity index (χ0n) is 24.2. The first kappa shape index (κ1) is 28.4. The summed E-state index contributed by atoms with van der Waals surface area (Å²) in [4.78, 5) is 39.0. The van der Waals surface area contributed by atoms with E-state index in [2.05, 4.69) is 15.2 Å². The molecule has 41 heavy (non-hydrogen) atoms. The molecule has 9 nitrogen and oxygen atoms in total. The first-order valence-electron chi connectivity index (χ1n) is 14.5. The molecule has 1 aliphatic carbocycles. The van der Waals surface area contributed by atoms with Gasteiger partial charge in [0, 0.05) is 49.5 Å². The summed E-state index contributed by atoms with van der Waals surface area (Å²) < 4.78 is 5.56. The van der Waals surface area contributed by atoms with Gasteiger partial charge >= 0.3 is 6.09 Å². The summed E-state index contributed by atoms with van der Waals surface area (Å²) in [5.74, 6) is 0.930. The van der Waals surface area contributed by atoms with Crippen molar-refractivity contribution in [1.82, 2.24) is 14.9 Å². The number of piperazine rings is 1. The van der Waals surface area contributed by atoms with E-state index in [9.17, 15) is 9.59 Å². The third kappa shape index (κ3) is 6.96. The van der Waals surface area contributed by atoms with Crippen molar-refractivity contribution in [3.05, 3.63) is 60.3 Å². The first-order chi connectivity index (χ1) is 19.7. The van der Waals surface area contributed by atoms with Gasteiger partial charge in [-0.3, -0.25) is 4.79 Å². The van der Waals surface area contributed by atoms with Crippen molar-refractivity contribution in [2.24, 2.45) is 5.73 Å². The van der Waals surface area contributed by atoms with Crippen LogP contribution in [0.2, 0.25) is 0 Å². The monoisotopic (exact) mass is 556 g/mol. The summed E-state index contributed by atoms with van der Waals surface area (Å²) in [6, 6.07) is 15.9. The number of ether oxygens (including phenoxy) is 1. The normalized spacial score (nSPS) is 16.4. The van der Waals surface area contributed by atoms with Crippen LogP contribution in [-0.4, -0.2) is 64.7 Å². The molecule has 1 aliphatic heterocycles. The van der Waals surface area contributed by atoms with Crippen LogP contribution in [-0.2, 0) is 4.74 Å². The molecular weight excluding hydrogens is 516 g/mol. The van der Waals surface area contributed by atoms with Gasteiger partial charge in [0.15, 0.2) is 0 Å². The van der Waals surface area contributed by atoms with Crippen molar-refractivity contribution in [3.8, 4) is 22.4 Å². The number of carbonyl (C=O) groups excluding carboxylic acids is 2. The highest BCUT2D eigenvalue weighted by Gasteiger charge is 2.28. The third-order valence-corrected chi connectivity index (χ3v) is 7.58. The molecule has 1 saturated carbocycles. The number of hydrogen-bond acceptors (Lipinski definition) is 7. The quantitative estimate of drug-likeness (QED) is 0.400. The number of amides is 2. The number of anilines is 2. The largest absolute Gasteiger partial charge is 0.444 e. The second-order valence-corrected chi connectivity index (χ2v) is 11.8. The average molecular weight is 557 g/mol. The second kappa shape index (κ2) is 12.2. The molecule has 3 heterocycles. The van der Waals surface area contributed by atoms with Gasteiger partial charge in [-0.1, -0.05) is 49.6 Å². The molecule has 216 valence electrons. The highest BCUT2D eigenvalue weighted by molar-refractivity contribution is 6.04. The fraction of sp³-hybridized carbons (Fsp3) is 0.438. The van der Waals surface area contributed by atoms with E-state index in [1.807, 2.05) is 63.2 Å². The SMILES string of the molecule is CC(C)(C)OC(=O)N1CCN(c2cc(C(N)=O)c(-c3ccccc3)c(-c3ccnc(NC4CCCCC4)c3)n2)CC1. The molecule has 1 saturated heterocycles. The molecule has 9 heteroatoms. The van der Waals surface area contributed by atoms with Gasteiger partial charge in [-0.25, -0.2) is 14.8 Å². The highest BCUT2D eigenvalue weighted by Crippen LogP contribution is 2.37. The van der Waals surface area contributed by atoms with Crippen molar-refractivity contribution < 1.29 is 14.3 Å². The number of benzene rings is 1. The number of carbonyl (C=O) groups is 2. The summed E-state index contributed by atoms with van der Waals surface area (Å²) in [5, 5.41) is 3.61. The Bertz CT molecular complexity index is 1370. The summed E-state index contributed by atoms with van der Waals surface area (Å²) >= 11 is 0. The van der Waals surface area contributed by atoms with Crippen LogP contribution in [0.1, 0.15) is 63.2 Å². The number of nitrogens with zero attached hydrogens (tertiary/aromatic N) is 4. The molecule has 0 atom stereocenters. The number of rotatable bonds is 6. The van der Waals surface area contributed by atoms with Crippen LogP contribution in [0.3, 0.4) is 0 Å². The Kier molecular flexibility index (Phi) is 8.42. The lowest BCUT2D eigenvalue weighted by Crippen LogP contribution is -2.50. The van der Waals surface area contributed by atoms with E-state index in [4.69, 9.17) is 15.5 Å². The zero-order valence-corrected chi connectivity index (χ0v) is 24.2. The Morgan fingerprint density at radius 3 is 2.32 bits per heavy atom. The number of aromatic nitrogens is 2. The minimum Gasteiger partial charge on any atom is -0.444 e. The molecule has 2 fully saturated rings. The number of nitrogens with two attached hydrogens (primary N) is 1. The topological polar surface area (TPSA) is 114 Å². The molecule has 1 aromatic carbocycles. The molecule has 5 rings (SSSR count). The Balaban J connectivity index is 1.50. The van der Waals surface area contributed by atoms with E-state index < -0.39 is 11.5 Å². The Labute approximate surface area is 242 Å². The van der Waals surface area contributed by atoms with Crippen molar-refractivity contribution in [2.75, 3.05) is 36.4 Å². The predicted molar refractivity (Wildman–Crippen MR) is 162 cm³/mol. The van der Waals surface area contributed by atoms with Crippen molar-refractivity contribution >= 4 is 23.6 Å². The molecule has 2 aromatic heterocycles. The number of pyridine rings is 2. The first-order valence-corrected chi connectivity index (χ1v) is 14.5. The van der Waals surface area contributed by atoms with Crippen LogP contribution in [0.4, 0.5) is 16.4 Å². The van der Waals surface area contributed by atoms with Crippen LogP contribution >= 0.6 is 0 Å². The van der Waals surface area contributed by atoms with Crippen LogP contribution in [0.15, 0.2) is 54.7 Å². The molecule has 3 aromatic rings. The van der Waals surface area contributed by atoms with E-state index >= 15 is 0 Å². The van der Waals surface area contributed by atoms with E-state index in [1.54, 1.807) is 17.2 Å². The summed E-state index contributed by atoms with van der Waals surface area (Å²) in [6.07, 6.45) is 7.46. The molecule has 0 radical (unpaired) electrons. The Morgan fingerprint density at radius 1 is 0.951 bits per heavy atom. The van der Waals surface area contributed by atoms with Crippen LogP contribution in [0, 0.1) is 0 Å². The van der Waals surface area contributed by atoms with E-state index in [0.717, 1.165) is 29.8 Å². The van der Waals surface area contributed by atoms with Crippen LogP contribution in [0.5, 0.6) is 0 Å². The lowest BCUT2D eigenvalue weighted by atomic mass is 9.94. The summed E-state index contributed by atoms with van der Waals surface area (Å²) in [5.41, 5.74) is 8.94. The molecule has 2 aliphatic rings.